The van der Waals surface area contributed by atoms with Crippen molar-refractivity contribution in [3.63, 3.8) is 0 Å². The zero-order valence-electron chi connectivity index (χ0n) is 22.9. The number of hydrogen-bond donors (Lipinski definition) is 1. The second kappa shape index (κ2) is 14.6. The average Bonchev–Trinajstić information content (AvgIpc) is 2.92. The predicted octanol–water partition coefficient (Wildman–Crippen LogP) is 5.48. The highest BCUT2D eigenvalue weighted by atomic mass is 35.5. The van der Waals surface area contributed by atoms with Crippen LogP contribution in [0.25, 0.3) is 0 Å². The standard InChI is InChI=1S/C30H35Cl2N3O4S/c1-4-5-17-33-30(37)28(18-23-9-7-6-8-10-23)35(20-24-13-14-25(31)19-27(24)32)29(36)21-34(3)40(38,39)26-15-11-22(2)12-16-26/h6-16,19,28H,4-5,17-18,20-21H2,1-3H3,(H,33,37)/t28-/m0/s1. The monoisotopic (exact) mass is 603 g/mol. The van der Waals surface area contributed by atoms with Crippen LogP contribution in [0.5, 0.6) is 0 Å². The van der Waals surface area contributed by atoms with Gasteiger partial charge in [-0.2, -0.15) is 4.31 Å². The normalized spacial score (nSPS) is 12.2. The van der Waals surface area contributed by atoms with E-state index in [1.165, 1.54) is 24.1 Å². The van der Waals surface area contributed by atoms with E-state index >= 15 is 0 Å². The Bertz CT molecular complexity index is 1400. The highest BCUT2D eigenvalue weighted by molar-refractivity contribution is 7.89. The lowest BCUT2D eigenvalue weighted by Crippen LogP contribution is -2.53. The highest BCUT2D eigenvalue weighted by Crippen LogP contribution is 2.25. The minimum Gasteiger partial charge on any atom is -0.354 e. The number of benzene rings is 3. The number of unbranched alkanes of at least 4 members (excludes halogenated alkanes) is 1. The minimum atomic E-state index is -3.95. The third kappa shape index (κ3) is 8.54. The second-order valence-corrected chi connectivity index (χ2v) is 12.6. The Hall–Kier alpha value is -2.91. The lowest BCUT2D eigenvalue weighted by molar-refractivity contribution is -0.141. The molecule has 214 valence electrons. The van der Waals surface area contributed by atoms with Crippen molar-refractivity contribution in [2.24, 2.45) is 0 Å². The molecule has 0 saturated carbocycles. The van der Waals surface area contributed by atoms with Crippen LogP contribution in [0.3, 0.4) is 0 Å². The number of nitrogens with one attached hydrogen (secondary N) is 1. The summed E-state index contributed by atoms with van der Waals surface area (Å²) in [7, 11) is -2.60. The summed E-state index contributed by atoms with van der Waals surface area (Å²) in [5, 5.41) is 3.73. The summed E-state index contributed by atoms with van der Waals surface area (Å²) in [6.45, 7) is 3.88. The van der Waals surface area contributed by atoms with E-state index in [9.17, 15) is 18.0 Å². The number of amides is 2. The van der Waals surface area contributed by atoms with Crippen LogP contribution < -0.4 is 5.32 Å². The van der Waals surface area contributed by atoms with Crippen LogP contribution in [-0.2, 0) is 32.6 Å². The number of rotatable bonds is 13. The topological polar surface area (TPSA) is 86.8 Å². The van der Waals surface area contributed by atoms with Gasteiger partial charge in [0.15, 0.2) is 0 Å². The van der Waals surface area contributed by atoms with Crippen LogP contribution in [-0.4, -0.2) is 55.6 Å². The first-order valence-corrected chi connectivity index (χ1v) is 15.3. The van der Waals surface area contributed by atoms with Crippen molar-refractivity contribution < 1.29 is 18.0 Å². The van der Waals surface area contributed by atoms with Crippen molar-refractivity contribution in [3.05, 3.63) is 99.5 Å². The van der Waals surface area contributed by atoms with Crippen LogP contribution in [0.2, 0.25) is 10.0 Å². The van der Waals surface area contributed by atoms with E-state index < -0.39 is 28.5 Å². The van der Waals surface area contributed by atoms with Gasteiger partial charge in [-0.1, -0.05) is 90.6 Å². The maximum atomic E-state index is 13.9. The molecule has 0 aromatic heterocycles. The van der Waals surface area contributed by atoms with E-state index in [-0.39, 0.29) is 23.8 Å². The zero-order chi connectivity index (χ0) is 29.3. The molecular weight excluding hydrogens is 569 g/mol. The van der Waals surface area contributed by atoms with Crippen LogP contribution in [0, 0.1) is 6.92 Å². The van der Waals surface area contributed by atoms with Gasteiger partial charge in [0.05, 0.1) is 11.4 Å². The first kappa shape index (κ1) is 31.6. The molecule has 0 aliphatic rings. The van der Waals surface area contributed by atoms with Gasteiger partial charge in [-0.05, 0) is 48.7 Å². The van der Waals surface area contributed by atoms with Gasteiger partial charge in [0.2, 0.25) is 21.8 Å². The van der Waals surface area contributed by atoms with E-state index in [4.69, 9.17) is 23.2 Å². The van der Waals surface area contributed by atoms with Gasteiger partial charge in [-0.25, -0.2) is 8.42 Å². The SMILES string of the molecule is CCCCNC(=O)[C@H](Cc1ccccc1)N(Cc1ccc(Cl)cc1Cl)C(=O)CN(C)S(=O)(=O)c1ccc(C)cc1. The Morgan fingerprint density at radius 2 is 1.65 bits per heavy atom. The zero-order valence-corrected chi connectivity index (χ0v) is 25.3. The fraction of sp³-hybridized carbons (Fsp3) is 0.333. The summed E-state index contributed by atoms with van der Waals surface area (Å²) in [6, 6.07) is 19.8. The van der Waals surface area contributed by atoms with Crippen molar-refractivity contribution >= 4 is 45.0 Å². The molecular formula is C30H35Cl2N3O4S. The largest absolute Gasteiger partial charge is 0.354 e. The Kier molecular flexibility index (Phi) is 11.6. The molecule has 0 spiro atoms. The summed E-state index contributed by atoms with van der Waals surface area (Å²) in [4.78, 5) is 28.9. The van der Waals surface area contributed by atoms with Gasteiger partial charge in [0.1, 0.15) is 6.04 Å². The van der Waals surface area contributed by atoms with Gasteiger partial charge >= 0.3 is 0 Å². The molecule has 0 aliphatic carbocycles. The summed E-state index contributed by atoms with van der Waals surface area (Å²) in [5.74, 6) is -0.851. The average molecular weight is 605 g/mol. The molecule has 3 rings (SSSR count). The summed E-state index contributed by atoms with van der Waals surface area (Å²) in [6.07, 6.45) is 1.93. The number of aryl methyl sites for hydroxylation is 1. The van der Waals surface area contributed by atoms with Crippen molar-refractivity contribution in [1.82, 2.24) is 14.5 Å². The number of carbonyl (C=O) groups excluding carboxylic acids is 2. The van der Waals surface area contributed by atoms with E-state index in [0.717, 1.165) is 28.3 Å². The Labute approximate surface area is 247 Å². The van der Waals surface area contributed by atoms with Gasteiger partial charge in [0, 0.05) is 36.6 Å². The van der Waals surface area contributed by atoms with Crippen LogP contribution >= 0.6 is 23.2 Å². The van der Waals surface area contributed by atoms with Crippen LogP contribution in [0.1, 0.15) is 36.5 Å². The van der Waals surface area contributed by atoms with Crippen molar-refractivity contribution in [2.45, 2.75) is 50.6 Å². The molecule has 0 fully saturated rings. The first-order chi connectivity index (χ1) is 19.0. The van der Waals surface area contributed by atoms with E-state index in [1.807, 2.05) is 44.2 Å². The smallest absolute Gasteiger partial charge is 0.243 e. The molecule has 10 heteroatoms. The van der Waals surface area contributed by atoms with Crippen molar-refractivity contribution in [1.29, 1.82) is 0 Å². The lowest BCUT2D eigenvalue weighted by atomic mass is 10.0. The predicted molar refractivity (Wildman–Crippen MR) is 160 cm³/mol. The number of nitrogens with zero attached hydrogens (tertiary/aromatic N) is 2. The lowest BCUT2D eigenvalue weighted by Gasteiger charge is -2.33. The summed E-state index contributed by atoms with van der Waals surface area (Å²) >= 11 is 12.6. The molecule has 0 bridgehead atoms. The molecule has 7 nitrogen and oxygen atoms in total. The second-order valence-electron chi connectivity index (χ2n) is 9.68. The number of carbonyl (C=O) groups is 2. The molecule has 1 atom stereocenters. The number of halogens is 2. The molecule has 40 heavy (non-hydrogen) atoms. The maximum absolute atomic E-state index is 13.9. The third-order valence-electron chi connectivity index (χ3n) is 6.54. The Balaban J connectivity index is 1.98. The fourth-order valence-corrected chi connectivity index (χ4v) is 5.74. The third-order valence-corrected chi connectivity index (χ3v) is 8.95. The molecule has 2 amide bonds. The first-order valence-electron chi connectivity index (χ1n) is 13.1. The molecule has 0 radical (unpaired) electrons. The number of likely N-dealkylation sites (N-methyl/N-ethyl adjacent to an activating group) is 1. The van der Waals surface area contributed by atoms with Crippen molar-refractivity contribution in [3.8, 4) is 0 Å². The number of sulfonamides is 1. The summed E-state index contributed by atoms with van der Waals surface area (Å²) < 4.78 is 27.5. The Morgan fingerprint density at radius 1 is 0.975 bits per heavy atom. The van der Waals surface area contributed by atoms with Crippen LogP contribution in [0.15, 0.2) is 77.7 Å². The molecule has 1 N–H and O–H groups in total. The van der Waals surface area contributed by atoms with E-state index in [1.54, 1.807) is 30.3 Å². The fourth-order valence-electron chi connectivity index (χ4n) is 4.15. The quantitative estimate of drug-likeness (QED) is 0.262. The van der Waals surface area contributed by atoms with Gasteiger partial charge in [-0.15, -0.1) is 0 Å². The molecule has 3 aromatic rings. The molecule has 0 aliphatic heterocycles. The van der Waals surface area contributed by atoms with Gasteiger partial charge < -0.3 is 10.2 Å². The van der Waals surface area contributed by atoms with E-state index in [0.29, 0.717) is 22.2 Å². The van der Waals surface area contributed by atoms with Crippen molar-refractivity contribution in [2.75, 3.05) is 20.1 Å². The maximum Gasteiger partial charge on any atom is 0.243 e. The van der Waals surface area contributed by atoms with Crippen LogP contribution in [0.4, 0.5) is 0 Å². The molecule has 0 unspecified atom stereocenters. The van der Waals surface area contributed by atoms with Gasteiger partial charge in [0.25, 0.3) is 0 Å². The van der Waals surface area contributed by atoms with E-state index in [2.05, 4.69) is 5.32 Å². The minimum absolute atomic E-state index is 0.00798. The number of hydrogen-bond acceptors (Lipinski definition) is 4. The molecule has 3 aromatic carbocycles. The molecule has 0 heterocycles. The molecule has 0 saturated heterocycles. The Morgan fingerprint density at radius 3 is 2.27 bits per heavy atom. The summed E-state index contributed by atoms with van der Waals surface area (Å²) in [5.41, 5.74) is 2.36. The highest BCUT2D eigenvalue weighted by Gasteiger charge is 2.33. The van der Waals surface area contributed by atoms with Gasteiger partial charge in [-0.3, -0.25) is 9.59 Å².